The summed E-state index contributed by atoms with van der Waals surface area (Å²) < 4.78 is 1.46. The summed E-state index contributed by atoms with van der Waals surface area (Å²) in [6.07, 6.45) is 3.98. The van der Waals surface area contributed by atoms with Crippen LogP contribution in [0.25, 0.3) is 0 Å². The van der Waals surface area contributed by atoms with E-state index in [4.69, 9.17) is 0 Å². The van der Waals surface area contributed by atoms with Crippen LogP contribution in [-0.2, 0) is 7.05 Å². The van der Waals surface area contributed by atoms with Crippen molar-refractivity contribution in [3.05, 3.63) is 34.2 Å². The number of rotatable bonds is 4. The van der Waals surface area contributed by atoms with Crippen LogP contribution in [0.4, 0.5) is 0 Å². The Bertz CT molecular complexity index is 538. The van der Waals surface area contributed by atoms with Crippen molar-refractivity contribution in [3.8, 4) is 0 Å². The fourth-order valence-electron chi connectivity index (χ4n) is 2.82. The maximum atomic E-state index is 12.4. The van der Waals surface area contributed by atoms with Crippen LogP contribution in [0, 0.1) is 0 Å². The van der Waals surface area contributed by atoms with E-state index in [-0.39, 0.29) is 11.5 Å². The highest BCUT2D eigenvalue weighted by atomic mass is 16.2. The topological polar surface area (TPSA) is 45.5 Å². The number of likely N-dealkylation sites (N-methyl/N-ethyl adjacent to an activating group) is 2. The number of likely N-dealkylation sites (tertiary alicyclic amines) is 1. The van der Waals surface area contributed by atoms with Gasteiger partial charge in [0.1, 0.15) is 0 Å². The van der Waals surface area contributed by atoms with Crippen molar-refractivity contribution < 1.29 is 4.79 Å². The van der Waals surface area contributed by atoms with E-state index in [1.54, 1.807) is 24.2 Å². The summed E-state index contributed by atoms with van der Waals surface area (Å²) in [7, 11) is 3.49. The van der Waals surface area contributed by atoms with E-state index in [0.717, 1.165) is 26.1 Å². The van der Waals surface area contributed by atoms with Gasteiger partial charge in [0, 0.05) is 44.5 Å². The van der Waals surface area contributed by atoms with Gasteiger partial charge in [-0.2, -0.15) is 0 Å². The minimum absolute atomic E-state index is 0.0781. The number of carbonyl (C=O) groups is 1. The molecule has 0 radical (unpaired) electrons. The summed E-state index contributed by atoms with van der Waals surface area (Å²) in [6, 6.07) is 3.55. The molecule has 0 spiro atoms. The van der Waals surface area contributed by atoms with Gasteiger partial charge in [0.25, 0.3) is 11.5 Å². The minimum Gasteiger partial charge on any atom is -0.340 e. The predicted octanol–water partition coefficient (Wildman–Crippen LogP) is 0.942. The van der Waals surface area contributed by atoms with Crippen molar-refractivity contribution in [2.75, 3.05) is 26.7 Å². The highest BCUT2D eigenvalue weighted by Gasteiger charge is 2.25. The molecule has 5 nitrogen and oxygen atoms in total. The largest absolute Gasteiger partial charge is 0.340 e. The molecule has 0 saturated carbocycles. The number of aromatic nitrogens is 1. The first-order valence-corrected chi connectivity index (χ1v) is 7.19. The molecule has 110 valence electrons. The van der Waals surface area contributed by atoms with Crippen LogP contribution in [0.2, 0.25) is 0 Å². The average Bonchev–Trinajstić information content (AvgIpc) is 2.88. The Hall–Kier alpha value is -1.62. The van der Waals surface area contributed by atoms with E-state index < -0.39 is 0 Å². The SMILES string of the molecule is CCN1CCCC1CN(C)C(=O)c1ccn(C)c(=O)c1. The number of carbonyl (C=O) groups excluding carboxylic acids is 1. The average molecular weight is 277 g/mol. The molecule has 1 aromatic heterocycles. The van der Waals surface area contributed by atoms with Crippen molar-refractivity contribution >= 4 is 5.91 Å². The molecule has 1 aliphatic heterocycles. The summed E-state index contributed by atoms with van der Waals surface area (Å²) in [5.74, 6) is -0.0781. The quantitative estimate of drug-likeness (QED) is 0.823. The number of hydrogen-bond donors (Lipinski definition) is 0. The molecule has 1 fully saturated rings. The zero-order valence-electron chi connectivity index (χ0n) is 12.5. The Morgan fingerprint density at radius 1 is 1.50 bits per heavy atom. The summed E-state index contributed by atoms with van der Waals surface area (Å²) in [5.41, 5.74) is 0.317. The number of aryl methyl sites for hydroxylation is 1. The second-order valence-corrected chi connectivity index (χ2v) is 5.47. The molecule has 1 unspecified atom stereocenters. The minimum atomic E-state index is -0.152. The lowest BCUT2D eigenvalue weighted by atomic mass is 10.2. The first-order chi connectivity index (χ1) is 9.52. The normalized spacial score (nSPS) is 19.2. The van der Waals surface area contributed by atoms with Gasteiger partial charge in [-0.1, -0.05) is 6.92 Å². The van der Waals surface area contributed by atoms with Gasteiger partial charge in [-0.05, 0) is 32.0 Å². The lowest BCUT2D eigenvalue weighted by Gasteiger charge is -2.27. The first kappa shape index (κ1) is 14.8. The summed E-state index contributed by atoms with van der Waals surface area (Å²) >= 11 is 0. The number of amides is 1. The van der Waals surface area contributed by atoms with Crippen molar-refractivity contribution in [2.45, 2.75) is 25.8 Å². The molecular weight excluding hydrogens is 254 g/mol. The molecule has 1 aromatic rings. The van der Waals surface area contributed by atoms with Gasteiger partial charge in [-0.3, -0.25) is 14.5 Å². The Balaban J connectivity index is 2.04. The fourth-order valence-corrected chi connectivity index (χ4v) is 2.82. The lowest BCUT2D eigenvalue weighted by molar-refractivity contribution is 0.0754. The Kier molecular flexibility index (Phi) is 4.60. The third-order valence-corrected chi connectivity index (χ3v) is 4.09. The zero-order chi connectivity index (χ0) is 14.7. The summed E-state index contributed by atoms with van der Waals surface area (Å²) in [4.78, 5) is 28.1. The molecule has 1 saturated heterocycles. The van der Waals surface area contributed by atoms with Gasteiger partial charge in [0.15, 0.2) is 0 Å². The van der Waals surface area contributed by atoms with Crippen LogP contribution in [0.1, 0.15) is 30.1 Å². The summed E-state index contributed by atoms with van der Waals surface area (Å²) in [6.45, 7) is 5.02. The monoisotopic (exact) mass is 277 g/mol. The standard InChI is InChI=1S/C15H23N3O2/c1-4-18-8-5-6-13(18)11-17(3)15(20)12-7-9-16(2)14(19)10-12/h7,9-10,13H,4-6,8,11H2,1-3H3. The molecule has 20 heavy (non-hydrogen) atoms. The Labute approximate surface area is 119 Å². The van der Waals surface area contributed by atoms with Crippen molar-refractivity contribution in [1.82, 2.24) is 14.4 Å². The molecule has 0 N–H and O–H groups in total. The van der Waals surface area contributed by atoms with Crippen LogP contribution >= 0.6 is 0 Å². The highest BCUT2D eigenvalue weighted by molar-refractivity contribution is 5.93. The van der Waals surface area contributed by atoms with E-state index in [1.165, 1.54) is 17.1 Å². The molecule has 1 aliphatic rings. The maximum Gasteiger partial charge on any atom is 0.253 e. The molecule has 1 amide bonds. The first-order valence-electron chi connectivity index (χ1n) is 7.19. The van der Waals surface area contributed by atoms with Crippen LogP contribution in [0.3, 0.4) is 0 Å². The molecular formula is C15H23N3O2. The van der Waals surface area contributed by atoms with Crippen LogP contribution in [0.15, 0.2) is 23.1 Å². The van der Waals surface area contributed by atoms with E-state index >= 15 is 0 Å². The van der Waals surface area contributed by atoms with E-state index in [9.17, 15) is 9.59 Å². The van der Waals surface area contributed by atoms with Crippen LogP contribution in [0.5, 0.6) is 0 Å². The van der Waals surface area contributed by atoms with Crippen molar-refractivity contribution in [1.29, 1.82) is 0 Å². The van der Waals surface area contributed by atoms with Gasteiger partial charge in [0.05, 0.1) is 0 Å². The second kappa shape index (κ2) is 6.22. The predicted molar refractivity (Wildman–Crippen MR) is 78.9 cm³/mol. The van der Waals surface area contributed by atoms with E-state index in [0.29, 0.717) is 11.6 Å². The molecule has 0 bridgehead atoms. The fraction of sp³-hybridized carbons (Fsp3) is 0.600. The Morgan fingerprint density at radius 3 is 2.90 bits per heavy atom. The van der Waals surface area contributed by atoms with Gasteiger partial charge >= 0.3 is 0 Å². The third kappa shape index (κ3) is 3.10. The van der Waals surface area contributed by atoms with E-state index in [1.807, 2.05) is 7.05 Å². The van der Waals surface area contributed by atoms with E-state index in [2.05, 4.69) is 11.8 Å². The molecule has 0 aliphatic carbocycles. The molecule has 5 heteroatoms. The summed E-state index contributed by atoms with van der Waals surface area (Å²) in [5, 5.41) is 0. The molecule has 2 heterocycles. The maximum absolute atomic E-state index is 12.4. The van der Waals surface area contributed by atoms with Gasteiger partial charge in [-0.15, -0.1) is 0 Å². The lowest BCUT2D eigenvalue weighted by Crippen LogP contribution is -2.41. The number of pyridine rings is 1. The number of hydrogen-bond acceptors (Lipinski definition) is 3. The molecule has 1 atom stereocenters. The van der Waals surface area contributed by atoms with Crippen molar-refractivity contribution in [3.63, 3.8) is 0 Å². The van der Waals surface area contributed by atoms with Crippen LogP contribution in [-0.4, -0.2) is 53.0 Å². The van der Waals surface area contributed by atoms with Gasteiger partial charge < -0.3 is 9.47 Å². The van der Waals surface area contributed by atoms with Crippen molar-refractivity contribution in [2.24, 2.45) is 7.05 Å². The van der Waals surface area contributed by atoms with Gasteiger partial charge in [-0.25, -0.2) is 0 Å². The molecule has 2 rings (SSSR count). The third-order valence-electron chi connectivity index (χ3n) is 4.09. The number of nitrogens with zero attached hydrogens (tertiary/aromatic N) is 3. The van der Waals surface area contributed by atoms with Gasteiger partial charge in [0.2, 0.25) is 0 Å². The smallest absolute Gasteiger partial charge is 0.253 e. The van der Waals surface area contributed by atoms with Crippen LogP contribution < -0.4 is 5.56 Å². The highest BCUT2D eigenvalue weighted by Crippen LogP contribution is 2.17. The molecule has 0 aromatic carbocycles. The zero-order valence-corrected chi connectivity index (χ0v) is 12.5. The Morgan fingerprint density at radius 2 is 2.25 bits per heavy atom. The second-order valence-electron chi connectivity index (χ2n) is 5.47.